The number of thioether (sulfide) groups is 1. The van der Waals surface area contributed by atoms with Crippen molar-refractivity contribution in [2.75, 3.05) is 0 Å². The van der Waals surface area contributed by atoms with Crippen molar-refractivity contribution in [3.63, 3.8) is 0 Å². The van der Waals surface area contributed by atoms with E-state index in [1.807, 2.05) is 30.0 Å². The summed E-state index contributed by atoms with van der Waals surface area (Å²) in [6, 6.07) is 8.18. The zero-order valence-corrected chi connectivity index (χ0v) is 11.9. The Bertz CT molecular complexity index is 473. The Labute approximate surface area is 118 Å². The second-order valence-electron chi connectivity index (χ2n) is 5.76. The molecule has 2 aliphatic carbocycles. The third kappa shape index (κ3) is 2.29. The normalized spacial score (nSPS) is 22.1. The first kappa shape index (κ1) is 13.0. The van der Waals surface area contributed by atoms with Gasteiger partial charge in [0.15, 0.2) is 0 Å². The predicted octanol–water partition coefficient (Wildman–Crippen LogP) is 4.23. The van der Waals surface area contributed by atoms with Gasteiger partial charge in [0.2, 0.25) is 0 Å². The largest absolute Gasteiger partial charge is 0.481 e. The van der Waals surface area contributed by atoms with Crippen molar-refractivity contribution in [3.05, 3.63) is 29.8 Å². The van der Waals surface area contributed by atoms with Crippen molar-refractivity contribution in [1.82, 2.24) is 0 Å². The van der Waals surface area contributed by atoms with Crippen LogP contribution in [0.4, 0.5) is 0 Å². The highest BCUT2D eigenvalue weighted by molar-refractivity contribution is 8.00. The summed E-state index contributed by atoms with van der Waals surface area (Å²) in [6.45, 7) is 0. The maximum atomic E-state index is 11.8. The molecule has 0 saturated heterocycles. The lowest BCUT2D eigenvalue weighted by Gasteiger charge is -2.30. The maximum absolute atomic E-state index is 11.8. The standard InChI is InChI=1S/C16H20O2S/c17-15(18)16(10-3-4-11-16)13-8-1-2-9-14(13)19-12-6-5-7-12/h1-2,8-9,12H,3-7,10-11H2,(H,17,18). The molecule has 0 atom stereocenters. The van der Waals surface area contributed by atoms with Gasteiger partial charge in [0.1, 0.15) is 0 Å². The van der Waals surface area contributed by atoms with Gasteiger partial charge in [-0.2, -0.15) is 0 Å². The molecule has 0 aliphatic heterocycles. The van der Waals surface area contributed by atoms with Crippen LogP contribution in [0.5, 0.6) is 0 Å². The second-order valence-corrected chi connectivity index (χ2v) is 7.10. The summed E-state index contributed by atoms with van der Waals surface area (Å²) in [7, 11) is 0. The topological polar surface area (TPSA) is 37.3 Å². The highest BCUT2D eigenvalue weighted by Gasteiger charge is 2.44. The van der Waals surface area contributed by atoms with Crippen molar-refractivity contribution < 1.29 is 9.90 Å². The number of carbonyl (C=O) groups is 1. The van der Waals surface area contributed by atoms with Crippen molar-refractivity contribution in [2.45, 2.75) is 60.5 Å². The maximum Gasteiger partial charge on any atom is 0.314 e. The highest BCUT2D eigenvalue weighted by atomic mass is 32.2. The number of carboxylic acid groups (broad SMARTS) is 1. The van der Waals surface area contributed by atoms with Gasteiger partial charge in [0, 0.05) is 10.1 Å². The summed E-state index contributed by atoms with van der Waals surface area (Å²) in [5.41, 5.74) is 0.449. The zero-order valence-electron chi connectivity index (χ0n) is 11.1. The number of benzene rings is 1. The van der Waals surface area contributed by atoms with Crippen LogP contribution in [-0.2, 0) is 10.2 Å². The van der Waals surface area contributed by atoms with Gasteiger partial charge in [-0.15, -0.1) is 11.8 Å². The third-order valence-corrected chi connectivity index (χ3v) is 6.03. The van der Waals surface area contributed by atoms with Gasteiger partial charge in [0.05, 0.1) is 5.41 Å². The van der Waals surface area contributed by atoms with Gasteiger partial charge in [-0.05, 0) is 37.3 Å². The van der Waals surface area contributed by atoms with Gasteiger partial charge >= 0.3 is 5.97 Å². The number of hydrogen-bond donors (Lipinski definition) is 1. The average molecular weight is 276 g/mol. The molecule has 0 heterocycles. The number of hydrogen-bond acceptors (Lipinski definition) is 2. The van der Waals surface area contributed by atoms with Crippen molar-refractivity contribution in [1.29, 1.82) is 0 Å². The summed E-state index contributed by atoms with van der Waals surface area (Å²) in [5.74, 6) is -0.633. The molecule has 1 aromatic carbocycles. The summed E-state index contributed by atoms with van der Waals surface area (Å²) >= 11 is 1.90. The molecule has 19 heavy (non-hydrogen) atoms. The molecule has 0 aromatic heterocycles. The zero-order chi connectivity index (χ0) is 13.3. The Hall–Kier alpha value is -0.960. The monoisotopic (exact) mass is 276 g/mol. The molecular weight excluding hydrogens is 256 g/mol. The summed E-state index contributed by atoms with van der Waals surface area (Å²) in [6.07, 6.45) is 7.54. The minimum Gasteiger partial charge on any atom is -0.481 e. The molecule has 0 amide bonds. The minimum absolute atomic E-state index is 0.618. The van der Waals surface area contributed by atoms with Gasteiger partial charge in [0.25, 0.3) is 0 Å². The van der Waals surface area contributed by atoms with E-state index in [1.165, 1.54) is 24.2 Å². The molecule has 102 valence electrons. The summed E-state index contributed by atoms with van der Waals surface area (Å²) < 4.78 is 0. The van der Waals surface area contributed by atoms with Crippen molar-refractivity contribution >= 4 is 17.7 Å². The molecule has 0 unspecified atom stereocenters. The van der Waals surface area contributed by atoms with E-state index in [-0.39, 0.29) is 0 Å². The van der Waals surface area contributed by atoms with E-state index in [0.29, 0.717) is 5.25 Å². The third-order valence-electron chi connectivity index (χ3n) is 4.61. The van der Waals surface area contributed by atoms with Crippen LogP contribution in [0.15, 0.2) is 29.2 Å². The molecule has 3 rings (SSSR count). The Kier molecular flexibility index (Phi) is 3.57. The Balaban J connectivity index is 1.95. The molecule has 1 aromatic rings. The van der Waals surface area contributed by atoms with Crippen LogP contribution in [0.25, 0.3) is 0 Å². The number of carboxylic acids is 1. The molecular formula is C16H20O2S. The van der Waals surface area contributed by atoms with Crippen LogP contribution in [0.1, 0.15) is 50.5 Å². The fraction of sp³-hybridized carbons (Fsp3) is 0.562. The van der Waals surface area contributed by atoms with Gasteiger partial charge in [-0.25, -0.2) is 0 Å². The molecule has 0 spiro atoms. The van der Waals surface area contributed by atoms with Crippen molar-refractivity contribution in [3.8, 4) is 0 Å². The molecule has 2 fully saturated rings. The molecule has 0 radical (unpaired) electrons. The van der Waals surface area contributed by atoms with Gasteiger partial charge in [-0.3, -0.25) is 4.79 Å². The molecule has 2 saturated carbocycles. The van der Waals surface area contributed by atoms with E-state index < -0.39 is 11.4 Å². The summed E-state index contributed by atoms with van der Waals surface area (Å²) in [5, 5.41) is 10.4. The fourth-order valence-corrected chi connectivity index (χ4v) is 4.69. The van der Waals surface area contributed by atoms with Crippen LogP contribution in [0.2, 0.25) is 0 Å². The Morgan fingerprint density at radius 2 is 1.84 bits per heavy atom. The van der Waals surface area contributed by atoms with Crippen LogP contribution < -0.4 is 0 Å². The van der Waals surface area contributed by atoms with E-state index in [9.17, 15) is 9.90 Å². The average Bonchev–Trinajstić information content (AvgIpc) is 2.85. The van der Waals surface area contributed by atoms with Gasteiger partial charge in [-0.1, -0.05) is 37.5 Å². The van der Waals surface area contributed by atoms with E-state index in [0.717, 1.165) is 31.2 Å². The van der Waals surface area contributed by atoms with Crippen molar-refractivity contribution in [2.24, 2.45) is 0 Å². The molecule has 2 aliphatic rings. The predicted molar refractivity (Wildman–Crippen MR) is 77.7 cm³/mol. The first-order valence-electron chi connectivity index (χ1n) is 7.22. The SMILES string of the molecule is O=C(O)C1(c2ccccc2SC2CCC2)CCCC1. The van der Waals surface area contributed by atoms with E-state index in [4.69, 9.17) is 0 Å². The molecule has 0 bridgehead atoms. The quantitative estimate of drug-likeness (QED) is 0.894. The van der Waals surface area contributed by atoms with E-state index in [2.05, 4.69) is 6.07 Å². The molecule has 2 nitrogen and oxygen atoms in total. The second kappa shape index (κ2) is 5.20. The van der Waals surface area contributed by atoms with Crippen LogP contribution in [0.3, 0.4) is 0 Å². The van der Waals surface area contributed by atoms with Crippen LogP contribution in [-0.4, -0.2) is 16.3 Å². The molecule has 1 N–H and O–H groups in total. The van der Waals surface area contributed by atoms with Crippen LogP contribution in [0, 0.1) is 0 Å². The van der Waals surface area contributed by atoms with Crippen LogP contribution >= 0.6 is 11.8 Å². The number of aliphatic carboxylic acids is 1. The van der Waals surface area contributed by atoms with E-state index >= 15 is 0 Å². The van der Waals surface area contributed by atoms with E-state index in [1.54, 1.807) is 0 Å². The number of rotatable bonds is 4. The first-order chi connectivity index (χ1) is 9.22. The summed E-state index contributed by atoms with van der Waals surface area (Å²) in [4.78, 5) is 13.0. The smallest absolute Gasteiger partial charge is 0.314 e. The lowest BCUT2D eigenvalue weighted by atomic mass is 9.79. The first-order valence-corrected chi connectivity index (χ1v) is 8.10. The lowest BCUT2D eigenvalue weighted by Crippen LogP contribution is -2.33. The fourth-order valence-electron chi connectivity index (χ4n) is 3.21. The Morgan fingerprint density at radius 3 is 2.42 bits per heavy atom. The Morgan fingerprint density at radius 1 is 1.16 bits per heavy atom. The minimum atomic E-state index is -0.633. The molecule has 3 heteroatoms. The highest BCUT2D eigenvalue weighted by Crippen LogP contribution is 2.47. The van der Waals surface area contributed by atoms with Gasteiger partial charge < -0.3 is 5.11 Å². The lowest BCUT2D eigenvalue weighted by molar-refractivity contribution is -0.143.